The van der Waals surface area contributed by atoms with Crippen LogP contribution in [0.15, 0.2) is 83.3 Å². The van der Waals surface area contributed by atoms with Crippen LogP contribution in [0.25, 0.3) is 5.70 Å². The van der Waals surface area contributed by atoms with Gasteiger partial charge in [0.15, 0.2) is 5.78 Å². The Hall–Kier alpha value is -2.78. The largest absolute Gasteiger partial charge is 0.354 e. The van der Waals surface area contributed by atoms with Crippen molar-refractivity contribution in [2.45, 2.75) is 29.9 Å². The Morgan fingerprint density at radius 2 is 1.61 bits per heavy atom. The van der Waals surface area contributed by atoms with E-state index in [1.807, 2.05) is 30.3 Å². The van der Waals surface area contributed by atoms with E-state index in [4.69, 9.17) is 0 Å². The van der Waals surface area contributed by atoms with Crippen molar-refractivity contribution in [1.29, 1.82) is 0 Å². The van der Waals surface area contributed by atoms with Crippen LogP contribution in [0.5, 0.6) is 0 Å². The monoisotopic (exact) mass is 383 g/mol. The second kappa shape index (κ2) is 6.99. The first-order valence-electron chi connectivity index (χ1n) is 9.76. The molecule has 2 nitrogen and oxygen atoms in total. The quantitative estimate of drug-likeness (QED) is 0.559. The first kappa shape index (κ1) is 17.3. The minimum Gasteiger partial charge on any atom is -0.354 e. The van der Waals surface area contributed by atoms with E-state index in [1.54, 1.807) is 11.8 Å². The Labute approximate surface area is 169 Å². The van der Waals surface area contributed by atoms with Gasteiger partial charge in [0.2, 0.25) is 0 Å². The molecule has 1 unspecified atom stereocenters. The molecule has 0 saturated carbocycles. The molecule has 0 amide bonds. The number of hydrogen-bond acceptors (Lipinski definition) is 3. The molecule has 0 bridgehead atoms. The fourth-order valence-corrected chi connectivity index (χ4v) is 5.36. The first-order valence-corrected chi connectivity index (χ1v) is 10.6. The molecule has 0 spiro atoms. The summed E-state index contributed by atoms with van der Waals surface area (Å²) in [5.41, 5.74) is 7.22. The lowest BCUT2D eigenvalue weighted by atomic mass is 9.99. The fourth-order valence-electron chi connectivity index (χ4n) is 4.06. The third-order valence-corrected chi connectivity index (χ3v) is 6.78. The highest BCUT2D eigenvalue weighted by atomic mass is 32.2. The molecule has 3 aromatic rings. The summed E-state index contributed by atoms with van der Waals surface area (Å²) in [4.78, 5) is 14.5. The fraction of sp³-hybridized carbons (Fsp3) is 0.160. The van der Waals surface area contributed by atoms with Gasteiger partial charge in [-0.1, -0.05) is 74.0 Å². The lowest BCUT2D eigenvalue weighted by Crippen LogP contribution is -2.07. The van der Waals surface area contributed by atoms with Crippen molar-refractivity contribution in [2.24, 2.45) is 0 Å². The Balaban J connectivity index is 1.67. The Kier molecular flexibility index (Phi) is 4.33. The SMILES string of the molecule is CCCc1ccc(C2Sc3ccccc3NC3=C2C(=O)c2ccccc23)cc1. The molecule has 0 saturated heterocycles. The van der Waals surface area contributed by atoms with Crippen LogP contribution in [0.1, 0.15) is 45.6 Å². The average molecular weight is 384 g/mol. The van der Waals surface area contributed by atoms with Crippen molar-refractivity contribution in [3.05, 3.63) is 101 Å². The van der Waals surface area contributed by atoms with E-state index in [0.29, 0.717) is 0 Å². The second-order valence-electron chi connectivity index (χ2n) is 7.27. The minimum absolute atomic E-state index is 0.0262. The van der Waals surface area contributed by atoms with E-state index >= 15 is 0 Å². The number of benzene rings is 3. The molecule has 1 aliphatic heterocycles. The lowest BCUT2D eigenvalue weighted by Gasteiger charge is -2.17. The maximum absolute atomic E-state index is 13.4. The molecule has 0 aromatic heterocycles. The number of ketones is 1. The molecule has 2 aliphatic rings. The number of aryl methyl sites for hydroxylation is 1. The number of thioether (sulfide) groups is 1. The summed E-state index contributed by atoms with van der Waals surface area (Å²) in [5.74, 6) is 0.140. The molecule has 5 rings (SSSR count). The maximum atomic E-state index is 13.4. The van der Waals surface area contributed by atoms with Gasteiger partial charge in [-0.2, -0.15) is 0 Å². The minimum atomic E-state index is -0.0262. The van der Waals surface area contributed by atoms with Gasteiger partial charge in [0.25, 0.3) is 0 Å². The molecule has 3 heteroatoms. The molecule has 0 radical (unpaired) electrons. The zero-order valence-electron chi connectivity index (χ0n) is 15.7. The van der Waals surface area contributed by atoms with E-state index in [2.05, 4.69) is 54.7 Å². The van der Waals surface area contributed by atoms with Crippen LogP contribution in [0.2, 0.25) is 0 Å². The van der Waals surface area contributed by atoms with E-state index in [1.165, 1.54) is 16.0 Å². The molecular formula is C25H21NOS. The van der Waals surface area contributed by atoms with Crippen LogP contribution in [-0.4, -0.2) is 5.78 Å². The molecule has 0 fully saturated rings. The number of Topliss-reactive ketones (excluding diaryl/α,β-unsaturated/α-hetero) is 1. The molecule has 1 heterocycles. The maximum Gasteiger partial charge on any atom is 0.193 e. The Morgan fingerprint density at radius 3 is 2.39 bits per heavy atom. The predicted octanol–water partition coefficient (Wildman–Crippen LogP) is 6.51. The van der Waals surface area contributed by atoms with Crippen LogP contribution >= 0.6 is 11.8 Å². The molecule has 1 N–H and O–H groups in total. The van der Waals surface area contributed by atoms with Gasteiger partial charge in [-0.15, -0.1) is 11.8 Å². The van der Waals surface area contributed by atoms with Crippen molar-refractivity contribution < 1.29 is 4.79 Å². The number of para-hydroxylation sites is 1. The van der Waals surface area contributed by atoms with Gasteiger partial charge >= 0.3 is 0 Å². The predicted molar refractivity (Wildman–Crippen MR) is 117 cm³/mol. The number of hydrogen-bond donors (Lipinski definition) is 1. The number of nitrogens with one attached hydrogen (secondary N) is 1. The number of carbonyl (C=O) groups is 1. The highest BCUT2D eigenvalue weighted by Gasteiger charge is 2.37. The van der Waals surface area contributed by atoms with E-state index in [0.717, 1.165) is 40.9 Å². The summed E-state index contributed by atoms with van der Waals surface area (Å²) in [6.45, 7) is 2.20. The standard InChI is InChI=1S/C25H21NOS/c1-2-7-16-12-14-17(15-13-16)25-22-23(18-8-3-4-9-19(18)24(22)27)26-20-10-5-6-11-21(20)28-25/h3-6,8-15,25-26H,2,7H2,1H3. The highest BCUT2D eigenvalue weighted by Crippen LogP contribution is 2.52. The van der Waals surface area contributed by atoms with Gasteiger partial charge in [0.1, 0.15) is 0 Å². The number of anilines is 1. The summed E-state index contributed by atoms with van der Waals surface area (Å²) < 4.78 is 0. The average Bonchev–Trinajstić information content (AvgIpc) is 2.90. The zero-order chi connectivity index (χ0) is 19.1. The van der Waals surface area contributed by atoms with Gasteiger partial charge in [0, 0.05) is 21.6 Å². The van der Waals surface area contributed by atoms with Gasteiger partial charge < -0.3 is 5.32 Å². The van der Waals surface area contributed by atoms with Crippen molar-refractivity contribution in [3.63, 3.8) is 0 Å². The molecule has 1 atom stereocenters. The summed E-state index contributed by atoms with van der Waals surface area (Å²) in [6.07, 6.45) is 2.22. The Bertz CT molecular complexity index is 1100. The molecule has 3 aromatic carbocycles. The summed E-state index contributed by atoms with van der Waals surface area (Å²) in [7, 11) is 0. The number of carbonyl (C=O) groups excluding carboxylic acids is 1. The van der Waals surface area contributed by atoms with Gasteiger partial charge in [0.05, 0.1) is 16.6 Å². The van der Waals surface area contributed by atoms with Crippen molar-refractivity contribution >= 4 is 28.9 Å². The van der Waals surface area contributed by atoms with Crippen molar-refractivity contribution in [1.82, 2.24) is 0 Å². The highest BCUT2D eigenvalue weighted by molar-refractivity contribution is 8.00. The second-order valence-corrected chi connectivity index (χ2v) is 8.42. The third kappa shape index (κ3) is 2.78. The van der Waals surface area contributed by atoms with Gasteiger partial charge in [-0.3, -0.25) is 4.79 Å². The molecule has 28 heavy (non-hydrogen) atoms. The number of fused-ring (bicyclic) bond motifs is 3. The van der Waals surface area contributed by atoms with Gasteiger partial charge in [-0.25, -0.2) is 0 Å². The van der Waals surface area contributed by atoms with Crippen molar-refractivity contribution in [2.75, 3.05) is 5.32 Å². The summed E-state index contributed by atoms with van der Waals surface area (Å²) in [5, 5.41) is 3.55. The molecule has 138 valence electrons. The smallest absolute Gasteiger partial charge is 0.193 e. The van der Waals surface area contributed by atoms with E-state index in [9.17, 15) is 4.79 Å². The van der Waals surface area contributed by atoms with Gasteiger partial charge in [-0.05, 0) is 29.7 Å². The Morgan fingerprint density at radius 1 is 0.893 bits per heavy atom. The van der Waals surface area contributed by atoms with Crippen LogP contribution in [0.3, 0.4) is 0 Å². The zero-order valence-corrected chi connectivity index (χ0v) is 16.6. The summed E-state index contributed by atoms with van der Waals surface area (Å²) in [6, 6.07) is 25.0. The molecule has 1 aliphatic carbocycles. The van der Waals surface area contributed by atoms with Crippen LogP contribution in [0.4, 0.5) is 5.69 Å². The summed E-state index contributed by atoms with van der Waals surface area (Å²) >= 11 is 1.76. The molecular weight excluding hydrogens is 362 g/mol. The topological polar surface area (TPSA) is 29.1 Å². The van der Waals surface area contributed by atoms with Crippen molar-refractivity contribution in [3.8, 4) is 0 Å². The van der Waals surface area contributed by atoms with E-state index < -0.39 is 0 Å². The lowest BCUT2D eigenvalue weighted by molar-refractivity contribution is 0.103. The normalized spacial score (nSPS) is 17.5. The third-order valence-electron chi connectivity index (χ3n) is 5.43. The van der Waals surface area contributed by atoms with Crippen LogP contribution in [0, 0.1) is 0 Å². The van der Waals surface area contributed by atoms with E-state index in [-0.39, 0.29) is 11.0 Å². The first-order chi connectivity index (χ1) is 13.8. The number of rotatable bonds is 3. The van der Waals surface area contributed by atoms with Crippen LogP contribution < -0.4 is 5.32 Å². The van der Waals surface area contributed by atoms with Crippen LogP contribution in [-0.2, 0) is 6.42 Å².